The predicted molar refractivity (Wildman–Crippen MR) is 75.9 cm³/mol. The van der Waals surface area contributed by atoms with Crippen LogP contribution < -0.4 is 0 Å². The second-order valence-electron chi connectivity index (χ2n) is 5.45. The molecule has 0 spiro atoms. The molecule has 0 aromatic carbocycles. The van der Waals surface area contributed by atoms with Crippen LogP contribution in [0.1, 0.15) is 17.4 Å². The quantitative estimate of drug-likeness (QED) is 0.923. The molecule has 0 bridgehead atoms. The van der Waals surface area contributed by atoms with E-state index >= 15 is 0 Å². The Hall–Kier alpha value is -2.70. The minimum Gasteiger partial charge on any atom is -0.481 e. The number of hydrogen-bond acceptors (Lipinski definition) is 5. The number of aromatic nitrogens is 2. The lowest BCUT2D eigenvalue weighted by Crippen LogP contribution is -2.30. The molecule has 1 amide bonds. The van der Waals surface area contributed by atoms with Crippen LogP contribution in [0.3, 0.4) is 0 Å². The molecule has 1 aliphatic heterocycles. The van der Waals surface area contributed by atoms with Gasteiger partial charge in [-0.05, 0) is 18.1 Å². The smallest absolute Gasteiger partial charge is 0.308 e. The SMILES string of the molecule is C[C@@H]1CN(C(=O)c2cc(-c3cccnc3)on2)C[C@H]1C(=O)O. The Kier molecular flexibility index (Phi) is 3.62. The van der Waals surface area contributed by atoms with Crippen molar-refractivity contribution in [2.75, 3.05) is 13.1 Å². The molecule has 3 rings (SSSR count). The normalized spacial score (nSPS) is 21.0. The van der Waals surface area contributed by atoms with Gasteiger partial charge in [0.25, 0.3) is 5.91 Å². The van der Waals surface area contributed by atoms with E-state index < -0.39 is 11.9 Å². The summed E-state index contributed by atoms with van der Waals surface area (Å²) in [5.41, 5.74) is 0.907. The fourth-order valence-electron chi connectivity index (χ4n) is 2.64. The Morgan fingerprint density at radius 1 is 1.41 bits per heavy atom. The number of carboxylic acid groups (broad SMARTS) is 1. The average molecular weight is 301 g/mol. The summed E-state index contributed by atoms with van der Waals surface area (Å²) in [6.45, 7) is 2.44. The van der Waals surface area contributed by atoms with Crippen molar-refractivity contribution in [3.05, 3.63) is 36.3 Å². The standard InChI is InChI=1S/C15H15N3O4/c1-9-7-18(8-11(9)15(20)21)14(19)12-5-13(22-17-12)10-3-2-4-16-6-10/h2-6,9,11H,7-8H2,1H3,(H,20,21)/t9-,11-/m1/s1. The van der Waals surface area contributed by atoms with Crippen LogP contribution in [0.5, 0.6) is 0 Å². The maximum atomic E-state index is 12.4. The van der Waals surface area contributed by atoms with Crippen LogP contribution in [0.4, 0.5) is 0 Å². The second-order valence-corrected chi connectivity index (χ2v) is 5.45. The highest BCUT2D eigenvalue weighted by Gasteiger charge is 2.38. The van der Waals surface area contributed by atoms with Gasteiger partial charge in [-0.1, -0.05) is 12.1 Å². The van der Waals surface area contributed by atoms with Crippen molar-refractivity contribution in [3.8, 4) is 11.3 Å². The van der Waals surface area contributed by atoms with Gasteiger partial charge in [0.15, 0.2) is 11.5 Å². The van der Waals surface area contributed by atoms with Gasteiger partial charge >= 0.3 is 5.97 Å². The Morgan fingerprint density at radius 2 is 2.23 bits per heavy atom. The van der Waals surface area contributed by atoms with Gasteiger partial charge in [0.05, 0.1) is 5.92 Å². The molecule has 1 saturated heterocycles. The summed E-state index contributed by atoms with van der Waals surface area (Å²) in [5.74, 6) is -1.34. The van der Waals surface area contributed by atoms with E-state index in [0.717, 1.165) is 5.56 Å². The number of likely N-dealkylation sites (tertiary alicyclic amines) is 1. The molecule has 1 N–H and O–H groups in total. The molecule has 2 aromatic heterocycles. The minimum atomic E-state index is -0.876. The maximum absolute atomic E-state index is 12.4. The number of rotatable bonds is 3. The Labute approximate surface area is 126 Å². The van der Waals surface area contributed by atoms with Gasteiger partial charge in [-0.15, -0.1) is 0 Å². The lowest BCUT2D eigenvalue weighted by atomic mass is 9.99. The molecule has 2 atom stereocenters. The van der Waals surface area contributed by atoms with Gasteiger partial charge in [0, 0.05) is 37.1 Å². The summed E-state index contributed by atoms with van der Waals surface area (Å²) in [4.78, 5) is 29.0. The molecule has 2 aromatic rings. The number of carbonyl (C=O) groups is 2. The first-order chi connectivity index (χ1) is 10.6. The topological polar surface area (TPSA) is 96.5 Å². The van der Waals surface area contributed by atoms with Crippen LogP contribution in [0.15, 0.2) is 35.1 Å². The van der Waals surface area contributed by atoms with E-state index in [1.165, 1.54) is 4.90 Å². The van der Waals surface area contributed by atoms with Gasteiger partial charge in [0.2, 0.25) is 0 Å². The Morgan fingerprint density at radius 3 is 2.86 bits per heavy atom. The van der Waals surface area contributed by atoms with E-state index in [0.29, 0.717) is 12.3 Å². The lowest BCUT2D eigenvalue weighted by molar-refractivity contribution is -0.142. The molecule has 0 radical (unpaired) electrons. The van der Waals surface area contributed by atoms with Crippen molar-refractivity contribution in [2.24, 2.45) is 11.8 Å². The van der Waals surface area contributed by atoms with E-state index in [1.807, 2.05) is 6.92 Å². The van der Waals surface area contributed by atoms with E-state index in [9.17, 15) is 9.59 Å². The summed E-state index contributed by atoms with van der Waals surface area (Å²) >= 11 is 0. The van der Waals surface area contributed by atoms with Crippen LogP contribution >= 0.6 is 0 Å². The lowest BCUT2D eigenvalue weighted by Gasteiger charge is -2.13. The van der Waals surface area contributed by atoms with Crippen molar-refractivity contribution in [2.45, 2.75) is 6.92 Å². The highest BCUT2D eigenvalue weighted by molar-refractivity contribution is 5.93. The first-order valence-electron chi connectivity index (χ1n) is 6.95. The van der Waals surface area contributed by atoms with E-state index in [2.05, 4.69) is 10.1 Å². The zero-order valence-electron chi connectivity index (χ0n) is 12.0. The number of nitrogens with zero attached hydrogens (tertiary/aromatic N) is 3. The molecule has 0 unspecified atom stereocenters. The van der Waals surface area contributed by atoms with Crippen LogP contribution in [-0.2, 0) is 4.79 Å². The monoisotopic (exact) mass is 301 g/mol. The van der Waals surface area contributed by atoms with Crippen LogP contribution in [0.2, 0.25) is 0 Å². The Bertz CT molecular complexity index is 698. The van der Waals surface area contributed by atoms with E-state index in [1.54, 1.807) is 30.6 Å². The van der Waals surface area contributed by atoms with Gasteiger partial charge < -0.3 is 14.5 Å². The molecule has 7 nitrogen and oxygen atoms in total. The number of aliphatic carboxylic acids is 1. The van der Waals surface area contributed by atoms with Crippen molar-refractivity contribution in [1.29, 1.82) is 0 Å². The third-order valence-electron chi connectivity index (χ3n) is 3.89. The number of hydrogen-bond donors (Lipinski definition) is 1. The first kappa shape index (κ1) is 14.2. The van der Waals surface area contributed by atoms with Gasteiger partial charge in [-0.2, -0.15) is 0 Å². The van der Waals surface area contributed by atoms with Crippen molar-refractivity contribution >= 4 is 11.9 Å². The molecule has 22 heavy (non-hydrogen) atoms. The fourth-order valence-corrected chi connectivity index (χ4v) is 2.64. The molecule has 3 heterocycles. The summed E-state index contributed by atoms with van der Waals surface area (Å²) in [6.07, 6.45) is 3.26. The van der Waals surface area contributed by atoms with E-state index in [-0.39, 0.29) is 24.1 Å². The largest absolute Gasteiger partial charge is 0.481 e. The third kappa shape index (κ3) is 2.57. The zero-order valence-corrected chi connectivity index (χ0v) is 12.0. The molecule has 0 aliphatic carbocycles. The van der Waals surface area contributed by atoms with Crippen LogP contribution in [0, 0.1) is 11.8 Å². The average Bonchev–Trinajstić information content (AvgIpc) is 3.14. The number of carbonyl (C=O) groups excluding carboxylic acids is 1. The number of amides is 1. The summed E-state index contributed by atoms with van der Waals surface area (Å²) in [6, 6.07) is 5.12. The molecule has 1 aliphatic rings. The molecule has 0 saturated carbocycles. The van der Waals surface area contributed by atoms with E-state index in [4.69, 9.17) is 9.63 Å². The number of pyridine rings is 1. The van der Waals surface area contributed by atoms with Crippen molar-refractivity contribution in [1.82, 2.24) is 15.0 Å². The van der Waals surface area contributed by atoms with Crippen molar-refractivity contribution in [3.63, 3.8) is 0 Å². The molecular formula is C15H15N3O4. The van der Waals surface area contributed by atoms with Gasteiger partial charge in [0.1, 0.15) is 0 Å². The highest BCUT2D eigenvalue weighted by Crippen LogP contribution is 2.26. The third-order valence-corrected chi connectivity index (χ3v) is 3.89. The molecular weight excluding hydrogens is 286 g/mol. The first-order valence-corrected chi connectivity index (χ1v) is 6.95. The van der Waals surface area contributed by atoms with Crippen LogP contribution in [0.25, 0.3) is 11.3 Å². The van der Waals surface area contributed by atoms with Crippen molar-refractivity contribution < 1.29 is 19.2 Å². The molecule has 114 valence electrons. The number of carboxylic acids is 1. The maximum Gasteiger partial charge on any atom is 0.308 e. The Balaban J connectivity index is 1.77. The minimum absolute atomic E-state index is 0.0776. The summed E-state index contributed by atoms with van der Waals surface area (Å²) < 4.78 is 5.18. The second kappa shape index (κ2) is 5.59. The van der Waals surface area contributed by atoms with Gasteiger partial charge in [-0.25, -0.2) is 0 Å². The summed E-state index contributed by atoms with van der Waals surface area (Å²) in [5, 5.41) is 12.9. The fraction of sp³-hybridized carbons (Fsp3) is 0.333. The summed E-state index contributed by atoms with van der Waals surface area (Å²) in [7, 11) is 0. The molecule has 1 fully saturated rings. The predicted octanol–water partition coefficient (Wildman–Crippen LogP) is 1.53. The highest BCUT2D eigenvalue weighted by atomic mass is 16.5. The zero-order chi connectivity index (χ0) is 15.7. The molecule has 7 heteroatoms. The van der Waals surface area contributed by atoms with Gasteiger partial charge in [-0.3, -0.25) is 14.6 Å². The van der Waals surface area contributed by atoms with Crippen LogP contribution in [-0.4, -0.2) is 45.1 Å².